The number of hydrogen-bond donors (Lipinski definition) is 1. The van der Waals surface area contributed by atoms with Gasteiger partial charge in [0.1, 0.15) is 5.75 Å². The van der Waals surface area contributed by atoms with Gasteiger partial charge in [0.15, 0.2) is 0 Å². The average Bonchev–Trinajstić information content (AvgIpc) is 2.63. The van der Waals surface area contributed by atoms with Crippen molar-refractivity contribution in [3.8, 4) is 5.75 Å². The van der Waals surface area contributed by atoms with Crippen molar-refractivity contribution in [2.24, 2.45) is 5.10 Å². The summed E-state index contributed by atoms with van der Waals surface area (Å²) >= 11 is 0. The molecule has 0 bridgehead atoms. The lowest BCUT2D eigenvalue weighted by atomic mass is 10.2. The molecule has 0 radical (unpaired) electrons. The number of nitrogens with zero attached hydrogens (tertiary/aromatic N) is 2. The molecule has 0 aromatic heterocycles. The minimum atomic E-state index is -0.302. The quantitative estimate of drug-likeness (QED) is 0.628. The summed E-state index contributed by atoms with van der Waals surface area (Å²) in [5.41, 5.74) is 5.07. The zero-order valence-electron chi connectivity index (χ0n) is 14.3. The first-order chi connectivity index (χ1) is 11.7. The molecule has 0 atom stereocenters. The van der Waals surface area contributed by atoms with Crippen molar-refractivity contribution < 1.29 is 9.53 Å². The fourth-order valence-corrected chi connectivity index (χ4v) is 2.42. The molecule has 0 spiro atoms. The Morgan fingerprint density at radius 3 is 2.42 bits per heavy atom. The maximum atomic E-state index is 12.1. The molecule has 2 rings (SSSR count). The molecule has 1 N–H and O–H groups in total. The van der Waals surface area contributed by atoms with E-state index in [-0.39, 0.29) is 5.91 Å². The third-order valence-corrected chi connectivity index (χ3v) is 3.75. The van der Waals surface area contributed by atoms with E-state index in [0.717, 1.165) is 18.7 Å². The highest BCUT2D eigenvalue weighted by Gasteiger charge is 2.09. The van der Waals surface area contributed by atoms with E-state index in [0.29, 0.717) is 11.3 Å². The molecule has 0 unspecified atom stereocenters. The molecule has 2 aromatic rings. The first-order valence-corrected chi connectivity index (χ1v) is 8.01. The Morgan fingerprint density at radius 2 is 1.79 bits per heavy atom. The van der Waals surface area contributed by atoms with Crippen LogP contribution in [0.15, 0.2) is 53.6 Å². The Labute approximate surface area is 142 Å². The van der Waals surface area contributed by atoms with Gasteiger partial charge >= 0.3 is 0 Å². The Bertz CT molecular complexity index is 692. The van der Waals surface area contributed by atoms with Crippen LogP contribution in [0.2, 0.25) is 0 Å². The van der Waals surface area contributed by atoms with Gasteiger partial charge in [-0.25, -0.2) is 5.43 Å². The van der Waals surface area contributed by atoms with Gasteiger partial charge in [-0.3, -0.25) is 4.79 Å². The number of methoxy groups -OCH3 is 1. The van der Waals surface area contributed by atoms with E-state index in [4.69, 9.17) is 4.74 Å². The van der Waals surface area contributed by atoms with Crippen LogP contribution in [0.5, 0.6) is 5.75 Å². The van der Waals surface area contributed by atoms with Crippen molar-refractivity contribution in [3.63, 3.8) is 0 Å². The van der Waals surface area contributed by atoms with E-state index in [1.807, 2.05) is 18.2 Å². The largest absolute Gasteiger partial charge is 0.496 e. The van der Waals surface area contributed by atoms with Gasteiger partial charge in [0.25, 0.3) is 5.91 Å². The number of hydrogen-bond acceptors (Lipinski definition) is 4. The highest BCUT2D eigenvalue weighted by atomic mass is 16.5. The van der Waals surface area contributed by atoms with E-state index in [1.165, 1.54) is 12.8 Å². The molecule has 0 aliphatic carbocycles. The molecule has 0 aliphatic heterocycles. The van der Waals surface area contributed by atoms with Crippen LogP contribution in [0.25, 0.3) is 0 Å². The van der Waals surface area contributed by atoms with Crippen LogP contribution in [-0.4, -0.2) is 32.3 Å². The number of nitrogens with one attached hydrogen (secondary N) is 1. The molecule has 0 fully saturated rings. The fraction of sp³-hybridized carbons (Fsp3) is 0.263. The molecule has 0 saturated carbocycles. The lowest BCUT2D eigenvalue weighted by Crippen LogP contribution is -2.21. The number of para-hydroxylation sites is 1. The van der Waals surface area contributed by atoms with Crippen LogP contribution >= 0.6 is 0 Å². The van der Waals surface area contributed by atoms with Crippen LogP contribution in [0.1, 0.15) is 29.8 Å². The SMILES string of the molecule is CCN(CC)c1ccc(/C=N/NC(=O)c2ccccc2OC)cc1. The highest BCUT2D eigenvalue weighted by molar-refractivity contribution is 5.97. The van der Waals surface area contributed by atoms with Crippen molar-refractivity contribution in [2.45, 2.75) is 13.8 Å². The molecule has 126 valence electrons. The van der Waals surface area contributed by atoms with Crippen LogP contribution < -0.4 is 15.1 Å². The predicted molar refractivity (Wildman–Crippen MR) is 98.1 cm³/mol. The third kappa shape index (κ3) is 4.35. The highest BCUT2D eigenvalue weighted by Crippen LogP contribution is 2.17. The molecular formula is C19H23N3O2. The molecule has 24 heavy (non-hydrogen) atoms. The molecule has 1 amide bonds. The Hall–Kier alpha value is -2.82. The van der Waals surface area contributed by atoms with E-state index in [2.05, 4.69) is 41.4 Å². The summed E-state index contributed by atoms with van der Waals surface area (Å²) in [6.45, 7) is 6.20. The van der Waals surface area contributed by atoms with Crippen molar-refractivity contribution in [1.29, 1.82) is 0 Å². The standard InChI is InChI=1S/C19H23N3O2/c1-4-22(5-2)16-12-10-15(11-13-16)14-20-21-19(23)17-8-6-7-9-18(17)24-3/h6-14H,4-5H2,1-3H3,(H,21,23)/b20-14+. The van der Waals surface area contributed by atoms with Gasteiger partial charge in [0.2, 0.25) is 0 Å². The van der Waals surface area contributed by atoms with Crippen molar-refractivity contribution in [2.75, 3.05) is 25.1 Å². The number of carbonyl (C=O) groups excluding carboxylic acids is 1. The zero-order chi connectivity index (χ0) is 17.4. The summed E-state index contributed by atoms with van der Waals surface area (Å²) in [6.07, 6.45) is 1.62. The number of ether oxygens (including phenoxy) is 1. The second-order valence-electron chi connectivity index (χ2n) is 5.16. The van der Waals surface area contributed by atoms with Gasteiger partial charge in [0, 0.05) is 18.8 Å². The van der Waals surface area contributed by atoms with E-state index in [1.54, 1.807) is 24.4 Å². The number of amides is 1. The Morgan fingerprint density at radius 1 is 1.12 bits per heavy atom. The molecule has 0 aliphatic rings. The van der Waals surface area contributed by atoms with E-state index in [9.17, 15) is 4.79 Å². The van der Waals surface area contributed by atoms with Gasteiger partial charge in [-0.1, -0.05) is 24.3 Å². The first kappa shape index (κ1) is 17.5. The maximum Gasteiger partial charge on any atom is 0.275 e. The molecule has 0 heterocycles. The number of benzene rings is 2. The van der Waals surface area contributed by atoms with Gasteiger partial charge in [-0.2, -0.15) is 5.10 Å². The topological polar surface area (TPSA) is 53.9 Å². The maximum absolute atomic E-state index is 12.1. The smallest absolute Gasteiger partial charge is 0.275 e. The van der Waals surface area contributed by atoms with E-state index < -0.39 is 0 Å². The Balaban J connectivity index is 2.00. The summed E-state index contributed by atoms with van der Waals surface area (Å²) in [7, 11) is 1.53. The third-order valence-electron chi connectivity index (χ3n) is 3.75. The van der Waals surface area contributed by atoms with Gasteiger partial charge in [-0.05, 0) is 43.7 Å². The van der Waals surface area contributed by atoms with Gasteiger partial charge < -0.3 is 9.64 Å². The minimum absolute atomic E-state index is 0.302. The summed E-state index contributed by atoms with van der Waals surface area (Å²) in [4.78, 5) is 14.4. The van der Waals surface area contributed by atoms with Gasteiger partial charge in [-0.15, -0.1) is 0 Å². The predicted octanol–water partition coefficient (Wildman–Crippen LogP) is 3.31. The molecule has 5 nitrogen and oxygen atoms in total. The summed E-state index contributed by atoms with van der Waals surface area (Å²) in [5.74, 6) is 0.220. The van der Waals surface area contributed by atoms with Crippen LogP contribution in [0.3, 0.4) is 0 Å². The van der Waals surface area contributed by atoms with Crippen molar-refractivity contribution in [3.05, 3.63) is 59.7 Å². The number of hydrazone groups is 1. The summed E-state index contributed by atoms with van der Waals surface area (Å²) in [6, 6.07) is 15.1. The monoisotopic (exact) mass is 325 g/mol. The number of anilines is 1. The first-order valence-electron chi connectivity index (χ1n) is 8.01. The van der Waals surface area contributed by atoms with Gasteiger partial charge in [0.05, 0.1) is 18.9 Å². The Kier molecular flexibility index (Phi) is 6.37. The second kappa shape index (κ2) is 8.72. The zero-order valence-corrected chi connectivity index (χ0v) is 14.3. The average molecular weight is 325 g/mol. The van der Waals surface area contributed by atoms with Crippen LogP contribution in [0.4, 0.5) is 5.69 Å². The van der Waals surface area contributed by atoms with E-state index >= 15 is 0 Å². The number of carbonyl (C=O) groups is 1. The summed E-state index contributed by atoms with van der Waals surface area (Å²) < 4.78 is 5.17. The van der Waals surface area contributed by atoms with Crippen molar-refractivity contribution in [1.82, 2.24) is 5.43 Å². The molecule has 2 aromatic carbocycles. The van der Waals surface area contributed by atoms with Crippen molar-refractivity contribution >= 4 is 17.8 Å². The normalized spacial score (nSPS) is 10.6. The molecule has 5 heteroatoms. The lowest BCUT2D eigenvalue weighted by molar-refractivity contribution is 0.0952. The second-order valence-corrected chi connectivity index (χ2v) is 5.16. The number of rotatable bonds is 7. The minimum Gasteiger partial charge on any atom is -0.496 e. The fourth-order valence-electron chi connectivity index (χ4n) is 2.42. The summed E-state index contributed by atoms with van der Waals surface area (Å²) in [5, 5.41) is 4.01. The lowest BCUT2D eigenvalue weighted by Gasteiger charge is -2.20. The van der Waals surface area contributed by atoms with Crippen LogP contribution in [-0.2, 0) is 0 Å². The van der Waals surface area contributed by atoms with Crippen LogP contribution in [0, 0.1) is 0 Å². The molecular weight excluding hydrogens is 302 g/mol. The molecule has 0 saturated heterocycles.